The van der Waals surface area contributed by atoms with Gasteiger partial charge in [-0.25, -0.2) is 0 Å². The summed E-state index contributed by atoms with van der Waals surface area (Å²) in [4.78, 5) is 15.0. The molecule has 0 bridgehead atoms. The Morgan fingerprint density at radius 2 is 2.11 bits per heavy atom. The number of nitrogens with zero attached hydrogens (tertiary/aromatic N) is 2. The number of carbonyl (C=O) groups excluding carboxylic acids is 1. The molecule has 5 nitrogen and oxygen atoms in total. The van der Waals surface area contributed by atoms with Gasteiger partial charge >= 0.3 is 0 Å². The molecule has 1 atom stereocenters. The number of rotatable bonds is 5. The summed E-state index contributed by atoms with van der Waals surface area (Å²) < 4.78 is 0. The lowest BCUT2D eigenvalue weighted by Gasteiger charge is -2.40. The normalized spacial score (nSPS) is 18.1. The van der Waals surface area contributed by atoms with Gasteiger partial charge in [0.15, 0.2) is 0 Å². The summed E-state index contributed by atoms with van der Waals surface area (Å²) in [6.45, 7) is 1.17. The number of hydrogen-bond donors (Lipinski definition) is 2. The molecule has 2 N–H and O–H groups in total. The molecule has 1 aliphatic heterocycles. The molecule has 3 heterocycles. The second-order valence-electron chi connectivity index (χ2n) is 6.98. The Morgan fingerprint density at radius 3 is 2.79 bits per heavy atom. The van der Waals surface area contributed by atoms with Crippen molar-refractivity contribution in [3.05, 3.63) is 63.2 Å². The van der Waals surface area contributed by atoms with E-state index in [-0.39, 0.29) is 6.04 Å². The number of aldehydes is 1. The van der Waals surface area contributed by atoms with Gasteiger partial charge in [0.2, 0.25) is 0 Å². The third kappa shape index (κ3) is 3.63. The van der Waals surface area contributed by atoms with E-state index in [1.165, 1.54) is 0 Å². The molecule has 0 amide bonds. The third-order valence-corrected chi connectivity index (χ3v) is 7.16. The van der Waals surface area contributed by atoms with Crippen molar-refractivity contribution in [2.75, 3.05) is 13.1 Å². The monoisotopic (exact) mass is 435 g/mol. The number of nitrogens with one attached hydrogen (secondary N) is 1. The van der Waals surface area contributed by atoms with Crippen LogP contribution in [0.1, 0.15) is 30.0 Å². The number of hydrogen-bond acceptors (Lipinski definition) is 5. The predicted octanol–water partition coefficient (Wildman–Crippen LogP) is 4.67. The van der Waals surface area contributed by atoms with Crippen molar-refractivity contribution in [1.82, 2.24) is 15.1 Å². The van der Waals surface area contributed by atoms with Crippen LogP contribution in [-0.4, -0.2) is 39.6 Å². The molecule has 28 heavy (non-hydrogen) atoms. The molecule has 0 aliphatic carbocycles. The van der Waals surface area contributed by atoms with Crippen LogP contribution in [-0.2, 0) is 10.4 Å². The number of likely N-dealkylation sites (tertiary alicyclic amines) is 1. The van der Waals surface area contributed by atoms with Crippen molar-refractivity contribution in [2.24, 2.45) is 0 Å². The van der Waals surface area contributed by atoms with Crippen LogP contribution >= 0.6 is 34.5 Å². The summed E-state index contributed by atoms with van der Waals surface area (Å²) in [5.74, 6) is 0. The molecule has 0 saturated carbocycles. The number of aromatic amines is 1. The lowest BCUT2D eigenvalue weighted by molar-refractivity contribution is -0.115. The maximum absolute atomic E-state index is 11.9. The van der Waals surface area contributed by atoms with Crippen molar-refractivity contribution in [3.63, 3.8) is 0 Å². The van der Waals surface area contributed by atoms with Crippen molar-refractivity contribution < 1.29 is 9.90 Å². The summed E-state index contributed by atoms with van der Waals surface area (Å²) in [7, 11) is 0. The SMILES string of the molecule is O=CC(c1csc(-c2cn[nH]c2)c1)N1CCC(O)(c2cccc(Cl)c2Cl)CC1. The van der Waals surface area contributed by atoms with E-state index >= 15 is 0 Å². The zero-order valence-corrected chi connectivity index (χ0v) is 17.3. The van der Waals surface area contributed by atoms with Crippen LogP contribution in [0.15, 0.2) is 42.0 Å². The molecule has 146 valence electrons. The number of thiophene rings is 1. The van der Waals surface area contributed by atoms with Gasteiger partial charge in [0.05, 0.1) is 27.9 Å². The van der Waals surface area contributed by atoms with Gasteiger partial charge in [0, 0.05) is 35.3 Å². The van der Waals surface area contributed by atoms with Crippen molar-refractivity contribution in [1.29, 1.82) is 0 Å². The van der Waals surface area contributed by atoms with Crippen LogP contribution < -0.4 is 0 Å². The average molecular weight is 436 g/mol. The number of benzene rings is 1. The molecular weight excluding hydrogens is 417 g/mol. The summed E-state index contributed by atoms with van der Waals surface area (Å²) in [6, 6.07) is 7.02. The van der Waals surface area contributed by atoms with Crippen LogP contribution in [0.3, 0.4) is 0 Å². The first-order valence-electron chi connectivity index (χ1n) is 8.95. The Bertz CT molecular complexity index is 966. The third-order valence-electron chi connectivity index (χ3n) is 5.34. The number of H-pyrrole nitrogens is 1. The smallest absolute Gasteiger partial charge is 0.141 e. The lowest BCUT2D eigenvalue weighted by atomic mass is 9.83. The maximum atomic E-state index is 11.9. The maximum Gasteiger partial charge on any atom is 0.141 e. The van der Waals surface area contributed by atoms with Crippen LogP contribution in [0, 0.1) is 0 Å². The Hall–Kier alpha value is -1.70. The molecule has 1 unspecified atom stereocenters. The summed E-state index contributed by atoms with van der Waals surface area (Å²) in [5.41, 5.74) is 1.58. The van der Waals surface area contributed by atoms with Crippen LogP contribution in [0.25, 0.3) is 10.4 Å². The van der Waals surface area contributed by atoms with E-state index in [2.05, 4.69) is 15.1 Å². The topological polar surface area (TPSA) is 69.2 Å². The Morgan fingerprint density at radius 1 is 1.32 bits per heavy atom. The summed E-state index contributed by atoms with van der Waals surface area (Å²) in [6.07, 6.45) is 5.53. The fraction of sp³-hybridized carbons (Fsp3) is 0.300. The Kier molecular flexibility index (Phi) is 5.58. The van der Waals surface area contributed by atoms with Crippen LogP contribution in [0.5, 0.6) is 0 Å². The van der Waals surface area contributed by atoms with Crippen LogP contribution in [0.2, 0.25) is 10.0 Å². The van der Waals surface area contributed by atoms with Gasteiger partial charge in [-0.3, -0.25) is 10.00 Å². The van der Waals surface area contributed by atoms with Crippen molar-refractivity contribution in [3.8, 4) is 10.4 Å². The van der Waals surface area contributed by atoms with E-state index in [0.717, 1.165) is 22.3 Å². The van der Waals surface area contributed by atoms with E-state index in [9.17, 15) is 9.90 Å². The molecule has 1 saturated heterocycles. The van der Waals surface area contributed by atoms with Crippen LogP contribution in [0.4, 0.5) is 0 Å². The molecule has 8 heteroatoms. The van der Waals surface area contributed by atoms with Crippen molar-refractivity contribution in [2.45, 2.75) is 24.5 Å². The molecule has 0 spiro atoms. The molecule has 1 aliphatic rings. The molecule has 0 radical (unpaired) electrons. The van der Waals surface area contributed by atoms with Gasteiger partial charge in [-0.1, -0.05) is 35.3 Å². The predicted molar refractivity (Wildman–Crippen MR) is 112 cm³/mol. The molecule has 1 fully saturated rings. The highest BCUT2D eigenvalue weighted by molar-refractivity contribution is 7.13. The minimum absolute atomic E-state index is 0.337. The van der Waals surface area contributed by atoms with E-state index in [4.69, 9.17) is 23.2 Å². The largest absolute Gasteiger partial charge is 0.385 e. The highest BCUT2D eigenvalue weighted by Crippen LogP contribution is 2.41. The van der Waals surface area contributed by atoms with Crippen molar-refractivity contribution >= 4 is 40.8 Å². The van der Waals surface area contributed by atoms with E-state index in [0.29, 0.717) is 41.5 Å². The minimum atomic E-state index is -1.04. The van der Waals surface area contributed by atoms with Gasteiger partial charge in [0.25, 0.3) is 0 Å². The Balaban J connectivity index is 1.50. The molecule has 1 aromatic carbocycles. The fourth-order valence-corrected chi connectivity index (χ4v) is 5.12. The standard InChI is InChI=1S/C20H19Cl2N3O2S/c21-16-3-1-2-15(19(16)22)20(27)4-6-25(7-5-20)17(11-26)13-8-18(28-12-13)14-9-23-24-10-14/h1-3,8-12,17,27H,4-7H2,(H,23,24). The first-order valence-corrected chi connectivity index (χ1v) is 10.6. The van der Waals surface area contributed by atoms with Gasteiger partial charge in [-0.15, -0.1) is 11.3 Å². The average Bonchev–Trinajstić information content (AvgIpc) is 3.38. The first kappa shape index (κ1) is 19.6. The first-order chi connectivity index (χ1) is 13.5. The summed E-state index contributed by atoms with van der Waals surface area (Å²) >= 11 is 14.0. The fourth-order valence-electron chi connectivity index (χ4n) is 3.72. The number of carbonyl (C=O) groups is 1. The minimum Gasteiger partial charge on any atom is -0.385 e. The zero-order valence-electron chi connectivity index (χ0n) is 14.9. The number of piperidine rings is 1. The van der Waals surface area contributed by atoms with E-state index in [1.807, 2.05) is 23.7 Å². The van der Waals surface area contributed by atoms with Gasteiger partial charge in [-0.2, -0.15) is 5.10 Å². The highest BCUT2D eigenvalue weighted by Gasteiger charge is 2.38. The summed E-state index contributed by atoms with van der Waals surface area (Å²) in [5, 5.41) is 20.8. The quantitative estimate of drug-likeness (QED) is 0.571. The second kappa shape index (κ2) is 7.97. The van der Waals surface area contributed by atoms with Gasteiger partial charge < -0.3 is 9.90 Å². The van der Waals surface area contributed by atoms with Gasteiger partial charge in [0.1, 0.15) is 6.29 Å². The molecular formula is C20H19Cl2N3O2S. The Labute approximate surface area is 176 Å². The molecule has 2 aromatic heterocycles. The zero-order chi connectivity index (χ0) is 19.7. The van der Waals surface area contributed by atoms with E-state index < -0.39 is 5.60 Å². The van der Waals surface area contributed by atoms with Gasteiger partial charge in [-0.05, 0) is 35.9 Å². The number of halogens is 2. The number of aromatic nitrogens is 2. The second-order valence-corrected chi connectivity index (χ2v) is 8.68. The number of aliphatic hydroxyl groups is 1. The highest BCUT2D eigenvalue weighted by atomic mass is 35.5. The molecule has 3 aromatic rings. The van der Waals surface area contributed by atoms with E-state index in [1.54, 1.807) is 29.7 Å². The lowest BCUT2D eigenvalue weighted by Crippen LogP contribution is -2.44. The molecule has 4 rings (SSSR count).